The highest BCUT2D eigenvalue weighted by atomic mass is 32.2. The maximum Gasteiger partial charge on any atom is 0.211 e. The monoisotopic (exact) mass is 277 g/mol. The molecule has 5 nitrogen and oxygen atoms in total. The third-order valence-electron chi connectivity index (χ3n) is 3.41. The summed E-state index contributed by atoms with van der Waals surface area (Å²) in [6.07, 6.45) is 3.66. The summed E-state index contributed by atoms with van der Waals surface area (Å²) in [4.78, 5) is 2.37. The van der Waals surface area contributed by atoms with Crippen LogP contribution in [0, 0.1) is 0 Å². The lowest BCUT2D eigenvalue weighted by Crippen LogP contribution is -2.51. The zero-order valence-electron chi connectivity index (χ0n) is 11.9. The summed E-state index contributed by atoms with van der Waals surface area (Å²) in [5, 5.41) is 3.50. The normalized spacial score (nSPS) is 21.1. The van der Waals surface area contributed by atoms with E-state index in [4.69, 9.17) is 0 Å². The fraction of sp³-hybridized carbons (Fsp3) is 1.00. The lowest BCUT2D eigenvalue weighted by atomic mass is 10.1. The van der Waals surface area contributed by atoms with Crippen molar-refractivity contribution in [2.24, 2.45) is 0 Å². The van der Waals surface area contributed by atoms with Crippen molar-refractivity contribution in [3.63, 3.8) is 0 Å². The zero-order valence-corrected chi connectivity index (χ0v) is 12.7. The Morgan fingerprint density at radius 1 is 1.17 bits per heavy atom. The predicted molar refractivity (Wildman–Crippen MR) is 75.2 cm³/mol. The quantitative estimate of drug-likeness (QED) is 0.729. The third-order valence-corrected chi connectivity index (χ3v) is 4.71. The van der Waals surface area contributed by atoms with Crippen molar-refractivity contribution in [1.82, 2.24) is 14.5 Å². The van der Waals surface area contributed by atoms with Crippen molar-refractivity contribution in [3.8, 4) is 0 Å². The minimum Gasteiger partial charge on any atom is -0.313 e. The van der Waals surface area contributed by atoms with Gasteiger partial charge < -0.3 is 5.32 Å². The van der Waals surface area contributed by atoms with Gasteiger partial charge in [0.15, 0.2) is 0 Å². The molecular weight excluding hydrogens is 250 g/mol. The van der Waals surface area contributed by atoms with Crippen molar-refractivity contribution in [2.45, 2.75) is 32.7 Å². The molecule has 0 bridgehead atoms. The molecule has 1 rings (SSSR count). The van der Waals surface area contributed by atoms with E-state index in [0.29, 0.717) is 19.1 Å². The minimum atomic E-state index is -3.01. The van der Waals surface area contributed by atoms with Crippen LogP contribution in [0.4, 0.5) is 0 Å². The fourth-order valence-electron chi connectivity index (χ4n) is 2.45. The lowest BCUT2D eigenvalue weighted by molar-refractivity contribution is 0.170. The molecule has 0 aromatic rings. The van der Waals surface area contributed by atoms with Crippen LogP contribution in [-0.4, -0.2) is 69.2 Å². The van der Waals surface area contributed by atoms with Crippen LogP contribution in [0.25, 0.3) is 0 Å². The molecule has 1 heterocycles. The van der Waals surface area contributed by atoms with Crippen LogP contribution in [0.5, 0.6) is 0 Å². The number of sulfonamides is 1. The molecule has 0 spiro atoms. The molecule has 1 fully saturated rings. The Balaban J connectivity index is 2.38. The second kappa shape index (κ2) is 7.43. The Bertz CT molecular complexity index is 318. The van der Waals surface area contributed by atoms with E-state index in [1.54, 1.807) is 4.31 Å². The van der Waals surface area contributed by atoms with Gasteiger partial charge in [0, 0.05) is 38.8 Å². The van der Waals surface area contributed by atoms with E-state index in [-0.39, 0.29) is 0 Å². The highest BCUT2D eigenvalue weighted by Gasteiger charge is 2.24. The number of rotatable bonds is 7. The van der Waals surface area contributed by atoms with Crippen LogP contribution in [0.15, 0.2) is 0 Å². The van der Waals surface area contributed by atoms with Gasteiger partial charge in [-0.05, 0) is 13.0 Å². The van der Waals surface area contributed by atoms with E-state index in [2.05, 4.69) is 24.1 Å². The van der Waals surface area contributed by atoms with E-state index in [9.17, 15) is 8.42 Å². The Hall–Kier alpha value is -0.170. The molecule has 1 atom stereocenters. The number of nitrogens with one attached hydrogen (secondary N) is 1. The highest BCUT2D eigenvalue weighted by Crippen LogP contribution is 2.08. The average Bonchev–Trinajstić information content (AvgIpc) is 2.29. The fourth-order valence-corrected chi connectivity index (χ4v) is 3.28. The largest absolute Gasteiger partial charge is 0.313 e. The number of hydrogen-bond acceptors (Lipinski definition) is 4. The molecule has 108 valence electrons. The smallest absolute Gasteiger partial charge is 0.211 e. The standard InChI is InChI=1S/C12H27N3O2S/c1-4-6-12(13-5-2)11-14-7-9-15(10-8-14)18(3,16)17/h12-13H,4-11H2,1-3H3. The number of piperazine rings is 1. The third kappa shape index (κ3) is 5.22. The lowest BCUT2D eigenvalue weighted by Gasteiger charge is -2.35. The van der Waals surface area contributed by atoms with Crippen LogP contribution in [0.2, 0.25) is 0 Å². The second-order valence-corrected chi connectivity index (χ2v) is 6.99. The summed E-state index contributed by atoms with van der Waals surface area (Å²) in [6, 6.07) is 0.532. The van der Waals surface area contributed by atoms with Gasteiger partial charge in [0.25, 0.3) is 0 Å². The van der Waals surface area contributed by atoms with Gasteiger partial charge in [-0.2, -0.15) is 4.31 Å². The van der Waals surface area contributed by atoms with Gasteiger partial charge in [0.1, 0.15) is 0 Å². The van der Waals surface area contributed by atoms with Crippen LogP contribution in [0.3, 0.4) is 0 Å². The zero-order chi connectivity index (χ0) is 13.6. The van der Waals surface area contributed by atoms with Crippen LogP contribution < -0.4 is 5.32 Å². The van der Waals surface area contributed by atoms with E-state index >= 15 is 0 Å². The summed E-state index contributed by atoms with van der Waals surface area (Å²) in [6.45, 7) is 9.30. The first-order chi connectivity index (χ1) is 8.47. The predicted octanol–water partition coefficient (Wildman–Crippen LogP) is 0.342. The molecule has 1 N–H and O–H groups in total. The second-order valence-electron chi connectivity index (χ2n) is 5.01. The first kappa shape index (κ1) is 15.9. The summed E-state index contributed by atoms with van der Waals surface area (Å²) >= 11 is 0. The van der Waals surface area contributed by atoms with Gasteiger partial charge in [0.2, 0.25) is 10.0 Å². The van der Waals surface area contributed by atoms with Crippen molar-refractivity contribution in [3.05, 3.63) is 0 Å². The van der Waals surface area contributed by atoms with E-state index < -0.39 is 10.0 Å². The summed E-state index contributed by atoms with van der Waals surface area (Å²) in [7, 11) is -3.01. The molecular formula is C12H27N3O2S. The van der Waals surface area contributed by atoms with Crippen molar-refractivity contribution < 1.29 is 8.42 Å². The molecule has 0 aromatic heterocycles. The molecule has 1 aliphatic rings. The molecule has 0 amide bonds. The Morgan fingerprint density at radius 3 is 2.22 bits per heavy atom. The van der Waals surface area contributed by atoms with Crippen molar-refractivity contribution in [1.29, 1.82) is 0 Å². The summed E-state index contributed by atoms with van der Waals surface area (Å²) < 4.78 is 24.4. The summed E-state index contributed by atoms with van der Waals surface area (Å²) in [5.74, 6) is 0. The van der Waals surface area contributed by atoms with E-state index in [1.165, 1.54) is 19.1 Å². The van der Waals surface area contributed by atoms with Crippen LogP contribution >= 0.6 is 0 Å². The Morgan fingerprint density at radius 2 is 1.78 bits per heavy atom. The highest BCUT2D eigenvalue weighted by molar-refractivity contribution is 7.88. The van der Waals surface area contributed by atoms with Gasteiger partial charge in [-0.25, -0.2) is 8.42 Å². The molecule has 1 saturated heterocycles. The number of likely N-dealkylation sites (N-methyl/N-ethyl adjacent to an activating group) is 1. The molecule has 1 aliphatic heterocycles. The molecule has 18 heavy (non-hydrogen) atoms. The maximum atomic E-state index is 11.4. The number of hydrogen-bond donors (Lipinski definition) is 1. The van der Waals surface area contributed by atoms with Gasteiger partial charge in [-0.3, -0.25) is 4.90 Å². The molecule has 0 radical (unpaired) electrons. The SMILES string of the molecule is CCCC(CN1CCN(S(C)(=O)=O)CC1)NCC. The van der Waals surface area contributed by atoms with Gasteiger partial charge in [-0.15, -0.1) is 0 Å². The Labute approximate surface area is 112 Å². The van der Waals surface area contributed by atoms with Crippen LogP contribution in [0.1, 0.15) is 26.7 Å². The Kier molecular flexibility index (Phi) is 6.55. The van der Waals surface area contributed by atoms with Gasteiger partial charge in [-0.1, -0.05) is 20.3 Å². The van der Waals surface area contributed by atoms with E-state index in [1.807, 2.05) is 0 Å². The van der Waals surface area contributed by atoms with Gasteiger partial charge in [0.05, 0.1) is 6.26 Å². The van der Waals surface area contributed by atoms with Gasteiger partial charge >= 0.3 is 0 Å². The molecule has 1 unspecified atom stereocenters. The van der Waals surface area contributed by atoms with E-state index in [0.717, 1.165) is 26.2 Å². The molecule has 0 aromatic carbocycles. The molecule has 0 saturated carbocycles. The van der Waals surface area contributed by atoms with Crippen molar-refractivity contribution >= 4 is 10.0 Å². The average molecular weight is 277 g/mol. The molecule has 6 heteroatoms. The van der Waals surface area contributed by atoms with Crippen molar-refractivity contribution in [2.75, 3.05) is 45.5 Å². The topological polar surface area (TPSA) is 52.7 Å². The maximum absolute atomic E-state index is 11.4. The molecule has 0 aliphatic carbocycles. The minimum absolute atomic E-state index is 0.532. The number of nitrogens with zero attached hydrogens (tertiary/aromatic N) is 2. The first-order valence-corrected chi connectivity index (χ1v) is 8.73. The first-order valence-electron chi connectivity index (χ1n) is 6.88. The summed E-state index contributed by atoms with van der Waals surface area (Å²) in [5.41, 5.74) is 0. The van der Waals surface area contributed by atoms with Crippen LogP contribution in [-0.2, 0) is 10.0 Å².